The van der Waals surface area contributed by atoms with Crippen LogP contribution in [0.2, 0.25) is 0 Å². The van der Waals surface area contributed by atoms with Crippen LogP contribution >= 0.6 is 0 Å². The fourth-order valence-corrected chi connectivity index (χ4v) is 3.04. The predicted molar refractivity (Wildman–Crippen MR) is 105 cm³/mol. The van der Waals surface area contributed by atoms with Crippen molar-refractivity contribution >= 4 is 11.7 Å². The lowest BCUT2D eigenvalue weighted by atomic mass is 10.1. The summed E-state index contributed by atoms with van der Waals surface area (Å²) in [7, 11) is 1.42. The Balaban J connectivity index is 1.83. The molecule has 0 aromatic heterocycles. The zero-order valence-electron chi connectivity index (χ0n) is 16.6. The number of methoxy groups -OCH3 is 1. The summed E-state index contributed by atoms with van der Waals surface area (Å²) < 4.78 is 49.8. The van der Waals surface area contributed by atoms with Crippen molar-refractivity contribution in [3.05, 3.63) is 47.5 Å². The third-order valence-electron chi connectivity index (χ3n) is 4.69. The molecule has 2 N–H and O–H groups in total. The average molecular weight is 424 g/mol. The summed E-state index contributed by atoms with van der Waals surface area (Å²) in [6, 6.07) is 7.21. The van der Waals surface area contributed by atoms with Gasteiger partial charge in [0.1, 0.15) is 5.75 Å². The van der Waals surface area contributed by atoms with E-state index in [1.165, 1.54) is 19.2 Å². The summed E-state index contributed by atoms with van der Waals surface area (Å²) in [5, 5.41) is 12.3. The van der Waals surface area contributed by atoms with Crippen LogP contribution in [-0.2, 0) is 12.7 Å². The maximum Gasteiger partial charge on any atom is 0.416 e. The smallest absolute Gasteiger partial charge is 0.416 e. The maximum absolute atomic E-state index is 13.1. The third-order valence-corrected chi connectivity index (χ3v) is 4.69. The highest BCUT2D eigenvalue weighted by atomic mass is 19.4. The van der Waals surface area contributed by atoms with Gasteiger partial charge in [-0.05, 0) is 55.7 Å². The minimum atomic E-state index is -4.54. The molecule has 1 saturated carbocycles. The molecule has 2 amide bonds. The Morgan fingerprint density at radius 1 is 1.20 bits per heavy atom. The van der Waals surface area contributed by atoms with E-state index in [-0.39, 0.29) is 42.1 Å². The van der Waals surface area contributed by atoms with Crippen molar-refractivity contribution in [3.63, 3.8) is 0 Å². The van der Waals surface area contributed by atoms with Crippen LogP contribution in [0.4, 0.5) is 23.7 Å². The SMILES string of the molecule is CCOc1ccc(C(F)(F)F)cc1NC(=O)N(Cc1ccc(O)c(OC)c1)C1CC1. The highest BCUT2D eigenvalue weighted by Crippen LogP contribution is 2.36. The second-order valence-corrected chi connectivity index (χ2v) is 6.94. The first-order valence-corrected chi connectivity index (χ1v) is 9.50. The first-order valence-electron chi connectivity index (χ1n) is 9.50. The number of nitrogens with one attached hydrogen (secondary N) is 1. The number of nitrogens with zero attached hydrogens (tertiary/aromatic N) is 1. The van der Waals surface area contributed by atoms with E-state index in [9.17, 15) is 23.1 Å². The van der Waals surface area contributed by atoms with Gasteiger partial charge in [0.15, 0.2) is 11.5 Å². The van der Waals surface area contributed by atoms with Gasteiger partial charge in [-0.25, -0.2) is 4.79 Å². The van der Waals surface area contributed by atoms with E-state index in [2.05, 4.69) is 5.32 Å². The van der Waals surface area contributed by atoms with Crippen LogP contribution in [0.5, 0.6) is 17.2 Å². The van der Waals surface area contributed by atoms with Gasteiger partial charge in [0, 0.05) is 12.6 Å². The van der Waals surface area contributed by atoms with Crippen molar-refractivity contribution in [1.82, 2.24) is 4.90 Å². The second kappa shape index (κ2) is 8.73. The van der Waals surface area contributed by atoms with Gasteiger partial charge in [0.25, 0.3) is 0 Å². The first kappa shape index (κ1) is 21.6. The Hall–Kier alpha value is -3.10. The molecule has 2 aromatic carbocycles. The molecule has 162 valence electrons. The van der Waals surface area contributed by atoms with E-state index in [0.29, 0.717) is 0 Å². The Kier molecular flexibility index (Phi) is 6.28. The summed E-state index contributed by atoms with van der Waals surface area (Å²) >= 11 is 0. The number of phenols is 1. The summed E-state index contributed by atoms with van der Waals surface area (Å²) in [4.78, 5) is 14.5. The molecule has 30 heavy (non-hydrogen) atoms. The van der Waals surface area contributed by atoms with E-state index in [4.69, 9.17) is 9.47 Å². The molecular weight excluding hydrogens is 401 g/mol. The number of carbonyl (C=O) groups excluding carboxylic acids is 1. The molecule has 9 heteroatoms. The van der Waals surface area contributed by atoms with Crippen LogP contribution in [0, 0.1) is 0 Å². The Morgan fingerprint density at radius 2 is 1.93 bits per heavy atom. The van der Waals surface area contributed by atoms with Crippen LogP contribution in [0.1, 0.15) is 30.9 Å². The van der Waals surface area contributed by atoms with Crippen molar-refractivity contribution in [2.24, 2.45) is 0 Å². The minimum absolute atomic E-state index is 0.00820. The molecule has 0 radical (unpaired) electrons. The lowest BCUT2D eigenvalue weighted by molar-refractivity contribution is -0.137. The largest absolute Gasteiger partial charge is 0.504 e. The normalized spacial score (nSPS) is 13.6. The molecule has 0 heterocycles. The maximum atomic E-state index is 13.1. The number of carbonyl (C=O) groups is 1. The summed E-state index contributed by atoms with van der Waals surface area (Å²) in [5.41, 5.74) is -0.186. The summed E-state index contributed by atoms with van der Waals surface area (Å²) in [6.07, 6.45) is -2.92. The number of amides is 2. The number of hydrogen-bond acceptors (Lipinski definition) is 4. The predicted octanol–water partition coefficient (Wildman–Crippen LogP) is 5.01. The molecule has 0 atom stereocenters. The molecule has 1 fully saturated rings. The molecular formula is C21H23F3N2O4. The average Bonchev–Trinajstić information content (AvgIpc) is 3.53. The highest BCUT2D eigenvalue weighted by Gasteiger charge is 2.34. The molecule has 0 saturated heterocycles. The lowest BCUT2D eigenvalue weighted by Crippen LogP contribution is -2.36. The third kappa shape index (κ3) is 5.08. The topological polar surface area (TPSA) is 71.0 Å². The van der Waals surface area contributed by atoms with Crippen LogP contribution in [-0.4, -0.2) is 35.8 Å². The van der Waals surface area contributed by atoms with E-state index in [0.717, 1.165) is 30.5 Å². The number of aromatic hydroxyl groups is 1. The van der Waals surface area contributed by atoms with Gasteiger partial charge in [0.2, 0.25) is 0 Å². The second-order valence-electron chi connectivity index (χ2n) is 6.94. The van der Waals surface area contributed by atoms with Gasteiger partial charge >= 0.3 is 12.2 Å². The fraction of sp³-hybridized carbons (Fsp3) is 0.381. The van der Waals surface area contributed by atoms with E-state index >= 15 is 0 Å². The number of phenolic OH excluding ortho intramolecular Hbond substituents is 1. The van der Waals surface area contributed by atoms with Crippen molar-refractivity contribution in [2.75, 3.05) is 19.0 Å². The van der Waals surface area contributed by atoms with Crippen LogP contribution in [0.15, 0.2) is 36.4 Å². The quantitative estimate of drug-likeness (QED) is 0.655. The molecule has 6 nitrogen and oxygen atoms in total. The van der Waals surface area contributed by atoms with Crippen LogP contribution in [0.3, 0.4) is 0 Å². The van der Waals surface area contributed by atoms with E-state index in [1.54, 1.807) is 24.0 Å². The van der Waals surface area contributed by atoms with E-state index < -0.39 is 17.8 Å². The van der Waals surface area contributed by atoms with Gasteiger partial charge < -0.3 is 24.8 Å². The molecule has 3 rings (SSSR count). The number of ether oxygens (including phenoxy) is 2. The van der Waals surface area contributed by atoms with Gasteiger partial charge in [-0.1, -0.05) is 6.07 Å². The summed E-state index contributed by atoms with van der Waals surface area (Å²) in [6.45, 7) is 2.17. The number of hydrogen-bond donors (Lipinski definition) is 2. The molecule has 1 aliphatic carbocycles. The number of anilines is 1. The monoisotopic (exact) mass is 424 g/mol. The zero-order chi connectivity index (χ0) is 21.9. The van der Waals surface area contributed by atoms with Gasteiger partial charge in [-0.2, -0.15) is 13.2 Å². The van der Waals surface area contributed by atoms with Crippen molar-refractivity contribution in [1.29, 1.82) is 0 Å². The van der Waals surface area contributed by atoms with Crippen molar-refractivity contribution < 1.29 is 32.5 Å². The van der Waals surface area contributed by atoms with Gasteiger partial charge in [-0.15, -0.1) is 0 Å². The number of benzene rings is 2. The van der Waals surface area contributed by atoms with Crippen molar-refractivity contribution in [3.8, 4) is 17.2 Å². The fourth-order valence-electron chi connectivity index (χ4n) is 3.04. The molecule has 2 aromatic rings. The molecule has 0 unspecified atom stereocenters. The number of urea groups is 1. The molecule has 0 aliphatic heterocycles. The van der Waals surface area contributed by atoms with Gasteiger partial charge in [0.05, 0.1) is 25.0 Å². The molecule has 0 bridgehead atoms. The lowest BCUT2D eigenvalue weighted by Gasteiger charge is -2.24. The number of halogens is 3. The van der Waals surface area contributed by atoms with Crippen LogP contribution < -0.4 is 14.8 Å². The number of alkyl halides is 3. The highest BCUT2D eigenvalue weighted by molar-refractivity contribution is 5.91. The van der Waals surface area contributed by atoms with Crippen molar-refractivity contribution in [2.45, 2.75) is 38.5 Å². The standard InChI is InChI=1S/C21H23F3N2O4/c1-3-30-18-9-5-14(21(22,23)24)11-16(18)25-20(28)26(15-6-7-15)12-13-4-8-17(27)19(10-13)29-2/h4-5,8-11,15,27H,3,6-7,12H2,1-2H3,(H,25,28). The first-order chi connectivity index (χ1) is 14.2. The Morgan fingerprint density at radius 3 is 2.53 bits per heavy atom. The Labute approximate surface area is 172 Å². The molecule has 1 aliphatic rings. The number of rotatable bonds is 7. The summed E-state index contributed by atoms with van der Waals surface area (Å²) in [5.74, 6) is 0.426. The zero-order valence-corrected chi connectivity index (χ0v) is 16.6. The minimum Gasteiger partial charge on any atom is -0.504 e. The van der Waals surface area contributed by atoms with E-state index in [1.807, 2.05) is 0 Å². The van der Waals surface area contributed by atoms with Crippen LogP contribution in [0.25, 0.3) is 0 Å². The van der Waals surface area contributed by atoms with Gasteiger partial charge in [-0.3, -0.25) is 0 Å². The molecule has 0 spiro atoms. The Bertz CT molecular complexity index is 914.